The van der Waals surface area contributed by atoms with Crippen molar-refractivity contribution in [3.05, 3.63) is 71.9 Å². The fourth-order valence-corrected chi connectivity index (χ4v) is 18.7. The Bertz CT molecular complexity index is 1100. The summed E-state index contributed by atoms with van der Waals surface area (Å²) in [5.41, 5.74) is 2.01. The molecule has 0 radical (unpaired) electrons. The van der Waals surface area contributed by atoms with Crippen LogP contribution in [-0.2, 0) is 6.42 Å². The summed E-state index contributed by atoms with van der Waals surface area (Å²) in [4.78, 5) is 22.5. The van der Waals surface area contributed by atoms with Crippen molar-refractivity contribution in [1.29, 1.82) is 0 Å². The standard InChI is InChI=1S/C26H31AsN4O2S2/c1-2-30-14-12-21(13-15-30)19-31(23-10-8-22(9-11-23)27-34-16-17-35-27)26(32)25-28-24(33-29-25)18-20-6-4-3-5-7-20/h3-11,21H,2,12-19H2,1H3. The van der Waals surface area contributed by atoms with Crippen molar-refractivity contribution in [2.75, 3.05) is 42.6 Å². The molecule has 0 saturated carbocycles. The minimum atomic E-state index is -1.04. The number of anilines is 1. The number of nitrogens with zero attached hydrogens (tertiary/aromatic N) is 4. The van der Waals surface area contributed by atoms with Gasteiger partial charge in [0.1, 0.15) is 0 Å². The molecule has 1 aromatic heterocycles. The van der Waals surface area contributed by atoms with Crippen LogP contribution in [0.1, 0.15) is 41.8 Å². The summed E-state index contributed by atoms with van der Waals surface area (Å²) >= 11 is -1.04. The molecule has 0 aliphatic carbocycles. The number of carbonyl (C=O) groups excluding carboxylic acids is 1. The average molecular weight is 571 g/mol. The predicted octanol–water partition coefficient (Wildman–Crippen LogP) is 4.21. The van der Waals surface area contributed by atoms with E-state index in [1.807, 2.05) is 35.2 Å². The van der Waals surface area contributed by atoms with E-state index < -0.39 is 12.3 Å². The quantitative estimate of drug-likeness (QED) is 0.376. The zero-order chi connectivity index (χ0) is 24.0. The maximum absolute atomic E-state index is 13.7. The van der Waals surface area contributed by atoms with Crippen LogP contribution in [0.5, 0.6) is 0 Å². The van der Waals surface area contributed by atoms with Crippen LogP contribution < -0.4 is 9.25 Å². The van der Waals surface area contributed by atoms with Crippen molar-refractivity contribution in [1.82, 2.24) is 15.0 Å². The van der Waals surface area contributed by atoms with Crippen LogP contribution in [0.2, 0.25) is 0 Å². The van der Waals surface area contributed by atoms with Crippen LogP contribution in [0.4, 0.5) is 5.69 Å². The van der Waals surface area contributed by atoms with E-state index in [9.17, 15) is 4.79 Å². The van der Waals surface area contributed by atoms with Gasteiger partial charge in [-0.1, -0.05) is 18.2 Å². The van der Waals surface area contributed by atoms with Gasteiger partial charge in [0.25, 0.3) is 0 Å². The Kier molecular flexibility index (Phi) is 8.55. The Morgan fingerprint density at radius 1 is 1.09 bits per heavy atom. The predicted molar refractivity (Wildman–Crippen MR) is 147 cm³/mol. The number of likely N-dealkylation sites (tertiary alicyclic amines) is 1. The Balaban J connectivity index is 1.34. The molecule has 35 heavy (non-hydrogen) atoms. The number of hydrogen-bond acceptors (Lipinski definition) is 7. The zero-order valence-electron chi connectivity index (χ0n) is 20.0. The van der Waals surface area contributed by atoms with Crippen LogP contribution in [0, 0.1) is 5.92 Å². The fraction of sp³-hybridized carbons (Fsp3) is 0.423. The maximum atomic E-state index is 13.7. The molecular weight excluding hydrogens is 539 g/mol. The molecule has 0 bridgehead atoms. The number of carbonyl (C=O) groups is 1. The van der Waals surface area contributed by atoms with Crippen LogP contribution >= 0.6 is 20.0 Å². The van der Waals surface area contributed by atoms with Gasteiger partial charge in [-0.15, -0.1) is 0 Å². The van der Waals surface area contributed by atoms with Crippen molar-refractivity contribution in [3.8, 4) is 0 Å². The van der Waals surface area contributed by atoms with Gasteiger partial charge in [-0.25, -0.2) is 0 Å². The molecule has 0 spiro atoms. The van der Waals surface area contributed by atoms with Crippen molar-refractivity contribution in [2.45, 2.75) is 26.2 Å². The molecule has 2 saturated heterocycles. The van der Waals surface area contributed by atoms with Crippen LogP contribution in [-0.4, -0.2) is 71.0 Å². The van der Waals surface area contributed by atoms with E-state index in [4.69, 9.17) is 4.52 Å². The van der Waals surface area contributed by atoms with E-state index in [0.717, 1.165) is 43.7 Å². The van der Waals surface area contributed by atoms with Crippen molar-refractivity contribution >= 4 is 48.3 Å². The first-order valence-electron chi connectivity index (χ1n) is 12.3. The minimum absolute atomic E-state index is 0.141. The molecule has 5 rings (SSSR count). The van der Waals surface area contributed by atoms with E-state index >= 15 is 0 Å². The summed E-state index contributed by atoms with van der Waals surface area (Å²) in [6.07, 6.45) is 2.72. The SMILES string of the molecule is CCN1CCC(CN(C(=O)c2noc(Cc3ccccc3)n2)c2ccc([As]3SCCS3)cc2)CC1. The Morgan fingerprint density at radius 3 is 2.49 bits per heavy atom. The van der Waals surface area contributed by atoms with Gasteiger partial charge in [0.05, 0.1) is 0 Å². The third kappa shape index (κ3) is 6.34. The van der Waals surface area contributed by atoms with Gasteiger partial charge in [-0.3, -0.25) is 0 Å². The summed E-state index contributed by atoms with van der Waals surface area (Å²) < 4.78 is 6.93. The van der Waals surface area contributed by atoms with Crippen LogP contribution in [0.3, 0.4) is 0 Å². The number of hydrogen-bond donors (Lipinski definition) is 0. The molecule has 0 N–H and O–H groups in total. The Morgan fingerprint density at radius 2 is 1.80 bits per heavy atom. The summed E-state index contributed by atoms with van der Waals surface area (Å²) in [5, 5.41) is 4.07. The monoisotopic (exact) mass is 570 g/mol. The summed E-state index contributed by atoms with van der Waals surface area (Å²) in [7, 11) is 4.28. The third-order valence-corrected chi connectivity index (χ3v) is 20.3. The first-order chi connectivity index (χ1) is 17.2. The normalized spacial score (nSPS) is 17.6. The molecule has 2 aliphatic rings. The molecule has 2 aliphatic heterocycles. The molecule has 1 amide bonds. The molecule has 3 aromatic rings. The van der Waals surface area contributed by atoms with Crippen LogP contribution in [0.15, 0.2) is 59.1 Å². The molecule has 184 valence electrons. The summed E-state index contributed by atoms with van der Waals surface area (Å²) in [5.74, 6) is 3.41. The third-order valence-electron chi connectivity index (χ3n) is 6.57. The Labute approximate surface area is 218 Å². The Hall–Kier alpha value is -1.73. The number of piperidine rings is 1. The number of rotatable bonds is 8. The first-order valence-corrected chi connectivity index (χ1v) is 19.7. The van der Waals surface area contributed by atoms with Gasteiger partial charge >= 0.3 is 201 Å². The second kappa shape index (κ2) is 12.0. The van der Waals surface area contributed by atoms with Gasteiger partial charge in [-0.05, 0) is 0 Å². The van der Waals surface area contributed by atoms with Gasteiger partial charge in [0.15, 0.2) is 0 Å². The van der Waals surface area contributed by atoms with Crippen molar-refractivity contribution < 1.29 is 9.32 Å². The molecular formula is C26H31AsN4O2S2. The average Bonchev–Trinajstić information content (AvgIpc) is 3.61. The molecule has 0 unspecified atom stereocenters. The van der Waals surface area contributed by atoms with E-state index in [1.54, 1.807) is 0 Å². The zero-order valence-corrected chi connectivity index (χ0v) is 23.5. The van der Waals surface area contributed by atoms with E-state index in [-0.39, 0.29) is 11.7 Å². The van der Waals surface area contributed by atoms with Gasteiger partial charge in [0.2, 0.25) is 0 Å². The summed E-state index contributed by atoms with van der Waals surface area (Å²) in [6, 6.07) is 18.7. The molecule has 6 nitrogen and oxygen atoms in total. The number of aromatic nitrogens is 2. The molecule has 9 heteroatoms. The molecule has 2 aromatic carbocycles. The van der Waals surface area contributed by atoms with Crippen LogP contribution in [0.25, 0.3) is 0 Å². The van der Waals surface area contributed by atoms with Crippen molar-refractivity contribution in [3.63, 3.8) is 0 Å². The summed E-state index contributed by atoms with van der Waals surface area (Å²) in [6.45, 7) is 6.17. The number of benzene rings is 2. The van der Waals surface area contributed by atoms with Gasteiger partial charge < -0.3 is 0 Å². The van der Waals surface area contributed by atoms with Crippen molar-refractivity contribution in [2.24, 2.45) is 5.92 Å². The fourth-order valence-electron chi connectivity index (χ4n) is 4.53. The number of amides is 1. The molecule has 0 atom stereocenters. The first kappa shape index (κ1) is 24.9. The van der Waals surface area contributed by atoms with E-state index in [0.29, 0.717) is 24.8 Å². The molecule has 3 heterocycles. The van der Waals surface area contributed by atoms with E-state index in [2.05, 4.69) is 66.3 Å². The topological polar surface area (TPSA) is 62.5 Å². The van der Waals surface area contributed by atoms with Gasteiger partial charge in [-0.2, -0.15) is 0 Å². The second-order valence-electron chi connectivity index (χ2n) is 8.91. The molecule has 2 fully saturated rings. The van der Waals surface area contributed by atoms with Gasteiger partial charge in [0, 0.05) is 0 Å². The van der Waals surface area contributed by atoms with E-state index in [1.165, 1.54) is 15.9 Å². The second-order valence-corrected chi connectivity index (χ2v) is 20.6.